The van der Waals surface area contributed by atoms with Crippen LogP contribution >= 0.6 is 0 Å². The highest BCUT2D eigenvalue weighted by Crippen LogP contribution is 2.21. The average Bonchev–Trinajstić information content (AvgIpc) is 3.00. The van der Waals surface area contributed by atoms with Crippen LogP contribution in [0.5, 0.6) is 5.75 Å². The molecule has 0 spiro atoms. The first-order chi connectivity index (χ1) is 10.1. The monoisotopic (exact) mass is 290 g/mol. The number of aromatic nitrogens is 1. The maximum absolute atomic E-state index is 12.2. The van der Waals surface area contributed by atoms with Crippen LogP contribution in [0.4, 0.5) is 0 Å². The summed E-state index contributed by atoms with van der Waals surface area (Å²) in [6.07, 6.45) is 7.70. The average molecular weight is 290 g/mol. The number of aromatic carboxylic acids is 1. The lowest BCUT2D eigenvalue weighted by atomic mass is 10.3. The summed E-state index contributed by atoms with van der Waals surface area (Å²) in [4.78, 5) is 28.5. The van der Waals surface area contributed by atoms with Crippen LogP contribution in [0.3, 0.4) is 0 Å². The summed E-state index contributed by atoms with van der Waals surface area (Å²) in [6.45, 7) is 2.39. The molecule has 0 aliphatic heterocycles. The summed E-state index contributed by atoms with van der Waals surface area (Å²) in [5.41, 5.74) is 1.08. The number of ether oxygens (including phenoxy) is 1. The Kier molecular flexibility index (Phi) is 4.92. The second-order valence-electron chi connectivity index (χ2n) is 4.73. The van der Waals surface area contributed by atoms with Crippen molar-refractivity contribution in [3.63, 3.8) is 0 Å². The number of nitrogens with zero attached hydrogens (tertiary/aromatic N) is 2. The molecule has 0 aromatic carbocycles. The molecule has 0 saturated carbocycles. The minimum absolute atomic E-state index is 0.0331. The first-order valence-electron chi connectivity index (χ1n) is 6.92. The van der Waals surface area contributed by atoms with Crippen LogP contribution in [0.1, 0.15) is 36.5 Å². The number of rotatable bonds is 6. The molecule has 1 N–H and O–H groups in total. The van der Waals surface area contributed by atoms with Crippen LogP contribution in [0.15, 0.2) is 30.2 Å². The Hall–Kier alpha value is -2.37. The molecule has 1 amide bonds. The van der Waals surface area contributed by atoms with Gasteiger partial charge in [-0.2, -0.15) is 0 Å². The van der Waals surface area contributed by atoms with E-state index in [-0.39, 0.29) is 23.8 Å². The van der Waals surface area contributed by atoms with Gasteiger partial charge in [0.2, 0.25) is 0 Å². The second-order valence-corrected chi connectivity index (χ2v) is 4.73. The van der Waals surface area contributed by atoms with Crippen molar-refractivity contribution in [1.82, 2.24) is 9.88 Å². The zero-order valence-electron chi connectivity index (χ0n) is 11.9. The number of carboxylic acids is 1. The molecular weight excluding hydrogens is 272 g/mol. The van der Waals surface area contributed by atoms with Crippen molar-refractivity contribution in [2.45, 2.75) is 26.2 Å². The maximum atomic E-state index is 12.2. The van der Waals surface area contributed by atoms with E-state index in [1.165, 1.54) is 18.5 Å². The van der Waals surface area contributed by atoms with Crippen molar-refractivity contribution >= 4 is 11.9 Å². The summed E-state index contributed by atoms with van der Waals surface area (Å²) in [5, 5.41) is 8.88. The number of carbonyl (C=O) groups is 2. The Morgan fingerprint density at radius 2 is 2.24 bits per heavy atom. The zero-order chi connectivity index (χ0) is 15.2. The Balaban J connectivity index is 1.96. The topological polar surface area (TPSA) is 79.7 Å². The SMILES string of the molecule is CCN(C(=O)COc1cncc(C(=O)O)c1)C1=CCCC1. The first kappa shape index (κ1) is 15.0. The number of carboxylic acid groups (broad SMARTS) is 1. The highest BCUT2D eigenvalue weighted by atomic mass is 16.5. The third-order valence-electron chi connectivity index (χ3n) is 3.30. The predicted molar refractivity (Wildman–Crippen MR) is 76.0 cm³/mol. The van der Waals surface area contributed by atoms with Crippen molar-refractivity contribution in [1.29, 1.82) is 0 Å². The van der Waals surface area contributed by atoms with Gasteiger partial charge >= 0.3 is 5.97 Å². The van der Waals surface area contributed by atoms with Gasteiger partial charge in [-0.15, -0.1) is 0 Å². The van der Waals surface area contributed by atoms with Gasteiger partial charge in [-0.1, -0.05) is 6.08 Å². The van der Waals surface area contributed by atoms with E-state index in [9.17, 15) is 9.59 Å². The molecule has 0 unspecified atom stereocenters. The fourth-order valence-corrected chi connectivity index (χ4v) is 2.28. The Labute approximate surface area is 123 Å². The number of hydrogen-bond acceptors (Lipinski definition) is 4. The molecule has 2 rings (SSSR count). The summed E-state index contributed by atoms with van der Waals surface area (Å²) < 4.78 is 5.36. The molecule has 1 heterocycles. The smallest absolute Gasteiger partial charge is 0.337 e. The Bertz CT molecular complexity index is 569. The minimum Gasteiger partial charge on any atom is -0.482 e. The fourth-order valence-electron chi connectivity index (χ4n) is 2.28. The Morgan fingerprint density at radius 3 is 2.86 bits per heavy atom. The molecule has 6 heteroatoms. The third kappa shape index (κ3) is 3.81. The number of allylic oxidation sites excluding steroid dienone is 2. The normalized spacial score (nSPS) is 13.7. The van der Waals surface area contributed by atoms with Gasteiger partial charge in [0, 0.05) is 18.4 Å². The number of likely N-dealkylation sites (N-methyl/N-ethyl adjacent to an activating group) is 1. The molecule has 0 atom stereocenters. The molecule has 6 nitrogen and oxygen atoms in total. The van der Waals surface area contributed by atoms with Crippen molar-refractivity contribution in [2.75, 3.05) is 13.2 Å². The van der Waals surface area contributed by atoms with Crippen LogP contribution < -0.4 is 4.74 Å². The van der Waals surface area contributed by atoms with Crippen molar-refractivity contribution in [3.05, 3.63) is 35.8 Å². The predicted octanol–water partition coefficient (Wildman–Crippen LogP) is 2.07. The summed E-state index contributed by atoms with van der Waals surface area (Å²) in [7, 11) is 0. The van der Waals surface area contributed by atoms with Gasteiger partial charge < -0.3 is 14.7 Å². The molecule has 112 valence electrons. The van der Waals surface area contributed by atoms with Gasteiger partial charge in [0.05, 0.1) is 11.8 Å². The number of hydrogen-bond donors (Lipinski definition) is 1. The molecular formula is C15H18N2O4. The van der Waals surface area contributed by atoms with Crippen LogP contribution in [-0.2, 0) is 4.79 Å². The van der Waals surface area contributed by atoms with Gasteiger partial charge in [-0.05, 0) is 32.3 Å². The number of amides is 1. The highest BCUT2D eigenvalue weighted by Gasteiger charge is 2.19. The van der Waals surface area contributed by atoms with Gasteiger partial charge in [0.15, 0.2) is 6.61 Å². The quantitative estimate of drug-likeness (QED) is 0.867. The summed E-state index contributed by atoms with van der Waals surface area (Å²) in [5.74, 6) is -0.934. The van der Waals surface area contributed by atoms with E-state index < -0.39 is 5.97 Å². The number of pyridine rings is 1. The lowest BCUT2D eigenvalue weighted by molar-refractivity contribution is -0.131. The van der Waals surface area contributed by atoms with E-state index in [1.807, 2.05) is 6.92 Å². The molecule has 1 aromatic heterocycles. The van der Waals surface area contributed by atoms with Crippen LogP contribution in [0.2, 0.25) is 0 Å². The minimum atomic E-state index is -1.08. The van der Waals surface area contributed by atoms with Crippen molar-refractivity contribution < 1.29 is 19.4 Å². The molecule has 0 bridgehead atoms. The zero-order valence-corrected chi connectivity index (χ0v) is 11.9. The maximum Gasteiger partial charge on any atom is 0.337 e. The number of carbonyl (C=O) groups excluding carboxylic acids is 1. The summed E-state index contributed by atoms with van der Waals surface area (Å²) in [6, 6.07) is 1.35. The van der Waals surface area contributed by atoms with Crippen LogP contribution in [0, 0.1) is 0 Å². The molecule has 1 aliphatic carbocycles. The third-order valence-corrected chi connectivity index (χ3v) is 3.30. The molecule has 0 saturated heterocycles. The van der Waals surface area contributed by atoms with E-state index in [2.05, 4.69) is 11.1 Å². The van der Waals surface area contributed by atoms with E-state index >= 15 is 0 Å². The van der Waals surface area contributed by atoms with Crippen LogP contribution in [0.25, 0.3) is 0 Å². The van der Waals surface area contributed by atoms with E-state index in [0.29, 0.717) is 6.54 Å². The van der Waals surface area contributed by atoms with Gasteiger partial charge in [0.25, 0.3) is 5.91 Å². The highest BCUT2D eigenvalue weighted by molar-refractivity contribution is 5.87. The largest absolute Gasteiger partial charge is 0.482 e. The van der Waals surface area contributed by atoms with Gasteiger partial charge in [-0.3, -0.25) is 9.78 Å². The van der Waals surface area contributed by atoms with Gasteiger partial charge in [-0.25, -0.2) is 4.79 Å². The molecule has 0 fully saturated rings. The molecule has 0 radical (unpaired) electrons. The lowest BCUT2D eigenvalue weighted by Crippen LogP contribution is -2.33. The van der Waals surface area contributed by atoms with E-state index in [1.54, 1.807) is 4.90 Å². The first-order valence-corrected chi connectivity index (χ1v) is 6.92. The molecule has 21 heavy (non-hydrogen) atoms. The Morgan fingerprint density at radius 1 is 1.43 bits per heavy atom. The van der Waals surface area contributed by atoms with Crippen molar-refractivity contribution in [2.24, 2.45) is 0 Å². The van der Waals surface area contributed by atoms with Gasteiger partial charge in [0.1, 0.15) is 5.75 Å². The standard InChI is InChI=1S/C15H18N2O4/c1-2-17(12-5-3-4-6-12)14(18)10-21-13-7-11(15(19)20)8-16-9-13/h5,7-9H,2-4,6,10H2,1H3,(H,19,20). The van der Waals surface area contributed by atoms with E-state index in [0.717, 1.165) is 25.0 Å². The van der Waals surface area contributed by atoms with Crippen LogP contribution in [-0.4, -0.2) is 40.0 Å². The molecule has 1 aromatic rings. The van der Waals surface area contributed by atoms with E-state index in [4.69, 9.17) is 9.84 Å². The fraction of sp³-hybridized carbons (Fsp3) is 0.400. The van der Waals surface area contributed by atoms with Crippen molar-refractivity contribution in [3.8, 4) is 5.75 Å². The molecule has 1 aliphatic rings. The summed E-state index contributed by atoms with van der Waals surface area (Å²) >= 11 is 0. The lowest BCUT2D eigenvalue weighted by Gasteiger charge is -2.22. The second kappa shape index (κ2) is 6.88.